The molecule has 0 radical (unpaired) electrons. The lowest BCUT2D eigenvalue weighted by Crippen LogP contribution is -2.24. The topological polar surface area (TPSA) is 59.4 Å². The molecule has 6 heteroatoms. The molecule has 4 rings (SSSR count). The number of nitrogens with zero attached hydrogens (tertiary/aromatic N) is 3. The van der Waals surface area contributed by atoms with E-state index >= 15 is 0 Å². The Morgan fingerprint density at radius 2 is 2.10 bits per heavy atom. The third-order valence-corrected chi connectivity index (χ3v) is 5.29. The fraction of sp³-hybridized carbons (Fsp3) is 0.304. The number of aryl methyl sites for hydroxylation is 2. The smallest absolute Gasteiger partial charge is 0.251 e. The van der Waals surface area contributed by atoms with Crippen molar-refractivity contribution in [3.05, 3.63) is 65.6 Å². The van der Waals surface area contributed by atoms with Crippen molar-refractivity contribution in [1.82, 2.24) is 14.9 Å². The van der Waals surface area contributed by atoms with Gasteiger partial charge in [0.25, 0.3) is 5.91 Å². The molecule has 29 heavy (non-hydrogen) atoms. The standard InChI is InChI=1S/C23H26N4O2/c1-26(2)21-10-9-16(20-15-27-11-5-8-22(27)25-20)12-18(21)14-24-23(28)17-6-4-7-19(13-17)29-3/h4,6-7,9-10,12-13,15H,5,8,11,14H2,1-3H3,(H,24,28). The minimum atomic E-state index is -0.125. The Bertz CT molecular complexity index is 1020. The van der Waals surface area contributed by atoms with Gasteiger partial charge in [-0.2, -0.15) is 0 Å². The Hall–Kier alpha value is -3.28. The zero-order valence-electron chi connectivity index (χ0n) is 17.1. The molecular formula is C23H26N4O2. The van der Waals surface area contributed by atoms with E-state index in [1.54, 1.807) is 19.2 Å². The molecule has 1 aromatic heterocycles. The molecule has 0 saturated heterocycles. The van der Waals surface area contributed by atoms with Crippen LogP contribution in [0.3, 0.4) is 0 Å². The SMILES string of the molecule is COc1cccc(C(=O)NCc2cc(-c3cn4c(n3)CCC4)ccc2N(C)C)c1. The Morgan fingerprint density at radius 1 is 1.24 bits per heavy atom. The van der Waals surface area contributed by atoms with Crippen LogP contribution in [-0.4, -0.2) is 36.7 Å². The molecule has 1 aliphatic heterocycles. The number of carbonyl (C=O) groups is 1. The van der Waals surface area contributed by atoms with E-state index in [4.69, 9.17) is 9.72 Å². The van der Waals surface area contributed by atoms with E-state index in [0.717, 1.165) is 41.3 Å². The van der Waals surface area contributed by atoms with Crippen LogP contribution in [0.25, 0.3) is 11.3 Å². The summed E-state index contributed by atoms with van der Waals surface area (Å²) < 4.78 is 7.45. The van der Waals surface area contributed by atoms with Crippen molar-refractivity contribution in [3.63, 3.8) is 0 Å². The number of fused-ring (bicyclic) bond motifs is 1. The summed E-state index contributed by atoms with van der Waals surface area (Å²) in [5, 5.41) is 3.03. The maximum absolute atomic E-state index is 12.6. The van der Waals surface area contributed by atoms with Crippen LogP contribution in [0.5, 0.6) is 5.75 Å². The van der Waals surface area contributed by atoms with Crippen molar-refractivity contribution in [1.29, 1.82) is 0 Å². The number of rotatable bonds is 6. The number of benzene rings is 2. The van der Waals surface area contributed by atoms with Gasteiger partial charge in [0, 0.05) is 56.6 Å². The molecule has 2 heterocycles. The van der Waals surface area contributed by atoms with Crippen LogP contribution in [0, 0.1) is 0 Å². The molecule has 0 aliphatic carbocycles. The summed E-state index contributed by atoms with van der Waals surface area (Å²) in [5.41, 5.74) is 4.77. The quantitative estimate of drug-likeness (QED) is 0.700. The Balaban J connectivity index is 1.56. The molecule has 6 nitrogen and oxygen atoms in total. The molecule has 0 fully saturated rings. The largest absolute Gasteiger partial charge is 0.497 e. The third kappa shape index (κ3) is 3.97. The number of amides is 1. The van der Waals surface area contributed by atoms with Crippen LogP contribution in [0.1, 0.15) is 28.2 Å². The van der Waals surface area contributed by atoms with Gasteiger partial charge >= 0.3 is 0 Å². The first kappa shape index (κ1) is 19.1. The highest BCUT2D eigenvalue weighted by Gasteiger charge is 2.16. The number of hydrogen-bond acceptors (Lipinski definition) is 4. The van der Waals surface area contributed by atoms with Gasteiger partial charge in [-0.05, 0) is 42.3 Å². The predicted molar refractivity (Wildman–Crippen MR) is 114 cm³/mol. The summed E-state index contributed by atoms with van der Waals surface area (Å²) in [7, 11) is 5.61. The number of carbonyl (C=O) groups excluding carboxylic acids is 1. The van der Waals surface area contributed by atoms with Gasteiger partial charge in [0.05, 0.1) is 12.8 Å². The zero-order valence-corrected chi connectivity index (χ0v) is 17.1. The number of ether oxygens (including phenoxy) is 1. The van der Waals surface area contributed by atoms with E-state index in [-0.39, 0.29) is 5.91 Å². The van der Waals surface area contributed by atoms with Crippen LogP contribution in [0.15, 0.2) is 48.7 Å². The average Bonchev–Trinajstić information content (AvgIpc) is 3.34. The highest BCUT2D eigenvalue weighted by molar-refractivity contribution is 5.94. The fourth-order valence-electron chi connectivity index (χ4n) is 3.76. The number of methoxy groups -OCH3 is 1. The van der Waals surface area contributed by atoms with Gasteiger partial charge in [-0.15, -0.1) is 0 Å². The Kier molecular flexibility index (Phi) is 5.25. The van der Waals surface area contributed by atoms with Crippen molar-refractivity contribution in [2.75, 3.05) is 26.1 Å². The highest BCUT2D eigenvalue weighted by atomic mass is 16.5. The molecule has 1 aliphatic rings. The summed E-state index contributed by atoms with van der Waals surface area (Å²) >= 11 is 0. The third-order valence-electron chi connectivity index (χ3n) is 5.29. The lowest BCUT2D eigenvalue weighted by molar-refractivity contribution is 0.0950. The molecule has 2 aromatic carbocycles. The molecule has 0 unspecified atom stereocenters. The second-order valence-electron chi connectivity index (χ2n) is 7.49. The normalized spacial score (nSPS) is 12.5. The molecule has 0 saturated carbocycles. The average molecular weight is 390 g/mol. The summed E-state index contributed by atoms with van der Waals surface area (Å²) in [5.74, 6) is 1.70. The zero-order chi connectivity index (χ0) is 20.4. The number of nitrogens with one attached hydrogen (secondary N) is 1. The van der Waals surface area contributed by atoms with E-state index in [1.807, 2.05) is 26.2 Å². The first-order valence-electron chi connectivity index (χ1n) is 9.84. The second-order valence-corrected chi connectivity index (χ2v) is 7.49. The number of aromatic nitrogens is 2. The Morgan fingerprint density at radius 3 is 2.86 bits per heavy atom. The monoisotopic (exact) mass is 390 g/mol. The van der Waals surface area contributed by atoms with E-state index in [9.17, 15) is 4.79 Å². The first-order chi connectivity index (χ1) is 14.0. The molecule has 1 N–H and O–H groups in total. The molecule has 0 bridgehead atoms. The maximum atomic E-state index is 12.6. The first-order valence-corrected chi connectivity index (χ1v) is 9.84. The molecular weight excluding hydrogens is 364 g/mol. The number of hydrogen-bond donors (Lipinski definition) is 1. The van der Waals surface area contributed by atoms with Crippen molar-refractivity contribution in [3.8, 4) is 17.0 Å². The van der Waals surface area contributed by atoms with Crippen LogP contribution >= 0.6 is 0 Å². The van der Waals surface area contributed by atoms with Crippen LogP contribution < -0.4 is 15.0 Å². The van der Waals surface area contributed by atoms with E-state index in [1.165, 1.54) is 6.42 Å². The summed E-state index contributed by atoms with van der Waals surface area (Å²) in [6.07, 6.45) is 4.34. The summed E-state index contributed by atoms with van der Waals surface area (Å²) in [6, 6.07) is 13.5. The maximum Gasteiger partial charge on any atom is 0.251 e. The highest BCUT2D eigenvalue weighted by Crippen LogP contribution is 2.28. The fourth-order valence-corrected chi connectivity index (χ4v) is 3.76. The van der Waals surface area contributed by atoms with Gasteiger partial charge < -0.3 is 19.5 Å². The van der Waals surface area contributed by atoms with Crippen LogP contribution in [-0.2, 0) is 19.5 Å². The van der Waals surface area contributed by atoms with Gasteiger partial charge in [0.2, 0.25) is 0 Å². The van der Waals surface area contributed by atoms with E-state index < -0.39 is 0 Å². The van der Waals surface area contributed by atoms with E-state index in [0.29, 0.717) is 17.9 Å². The molecule has 0 atom stereocenters. The van der Waals surface area contributed by atoms with Crippen LogP contribution in [0.2, 0.25) is 0 Å². The summed E-state index contributed by atoms with van der Waals surface area (Å²) in [4.78, 5) is 19.5. The Labute approximate surface area is 171 Å². The van der Waals surface area contributed by atoms with Gasteiger partial charge in [-0.1, -0.05) is 12.1 Å². The van der Waals surface area contributed by atoms with Crippen molar-refractivity contribution >= 4 is 11.6 Å². The molecule has 150 valence electrons. The molecule has 1 amide bonds. The van der Waals surface area contributed by atoms with Gasteiger partial charge in [0.1, 0.15) is 11.6 Å². The van der Waals surface area contributed by atoms with Crippen molar-refractivity contribution in [2.45, 2.75) is 25.9 Å². The van der Waals surface area contributed by atoms with Gasteiger partial charge in [-0.3, -0.25) is 4.79 Å². The predicted octanol–water partition coefficient (Wildman–Crippen LogP) is 3.50. The lowest BCUT2D eigenvalue weighted by atomic mass is 10.1. The van der Waals surface area contributed by atoms with Crippen molar-refractivity contribution in [2.24, 2.45) is 0 Å². The van der Waals surface area contributed by atoms with Crippen molar-refractivity contribution < 1.29 is 9.53 Å². The lowest BCUT2D eigenvalue weighted by Gasteiger charge is -2.19. The summed E-state index contributed by atoms with van der Waals surface area (Å²) in [6.45, 7) is 1.48. The molecule has 0 spiro atoms. The number of imidazole rings is 1. The number of anilines is 1. The van der Waals surface area contributed by atoms with E-state index in [2.05, 4.69) is 39.2 Å². The minimum Gasteiger partial charge on any atom is -0.497 e. The minimum absolute atomic E-state index is 0.125. The van der Waals surface area contributed by atoms with Crippen LogP contribution in [0.4, 0.5) is 5.69 Å². The second kappa shape index (κ2) is 7.99. The molecule has 3 aromatic rings. The van der Waals surface area contributed by atoms with Gasteiger partial charge in [-0.25, -0.2) is 4.98 Å². The van der Waals surface area contributed by atoms with Gasteiger partial charge in [0.15, 0.2) is 0 Å².